The summed E-state index contributed by atoms with van der Waals surface area (Å²) in [5.41, 5.74) is 3.26. The van der Waals surface area contributed by atoms with Crippen LogP contribution >= 0.6 is 11.3 Å². The van der Waals surface area contributed by atoms with Gasteiger partial charge in [-0.1, -0.05) is 19.1 Å². The standard InChI is InChI=1S/C18H23N3O2S/c1-4-21-8-7-14-16(10-21)24-18(19-14)20-17(22)11-23-15-9-12(2)5-6-13(15)3/h5-6,9H,4,7-8,10-11H2,1-3H3,(H,19,20,22). The van der Waals surface area contributed by atoms with E-state index in [1.165, 1.54) is 4.88 Å². The second-order valence-electron chi connectivity index (χ2n) is 6.11. The third-order valence-corrected chi connectivity index (χ3v) is 5.20. The first-order valence-corrected chi connectivity index (χ1v) is 9.07. The van der Waals surface area contributed by atoms with E-state index in [-0.39, 0.29) is 12.5 Å². The monoisotopic (exact) mass is 345 g/mol. The summed E-state index contributed by atoms with van der Waals surface area (Å²) < 4.78 is 5.64. The number of likely N-dealkylation sites (N-methyl/N-ethyl adjacent to an activating group) is 1. The molecule has 1 aromatic heterocycles. The number of anilines is 1. The minimum absolute atomic E-state index is 0.00434. The van der Waals surface area contributed by atoms with E-state index in [4.69, 9.17) is 4.74 Å². The van der Waals surface area contributed by atoms with Crippen LogP contribution in [0.2, 0.25) is 0 Å². The molecule has 6 heteroatoms. The predicted molar refractivity (Wildman–Crippen MR) is 96.8 cm³/mol. The average molecular weight is 345 g/mol. The molecule has 1 aliphatic rings. The Kier molecular flexibility index (Phi) is 5.16. The molecule has 1 aromatic carbocycles. The largest absolute Gasteiger partial charge is 0.483 e. The van der Waals surface area contributed by atoms with Crippen LogP contribution in [0.15, 0.2) is 18.2 Å². The highest BCUT2D eigenvalue weighted by atomic mass is 32.1. The number of nitrogens with zero attached hydrogens (tertiary/aromatic N) is 2. The van der Waals surface area contributed by atoms with Gasteiger partial charge in [-0.15, -0.1) is 11.3 Å². The molecule has 1 N–H and O–H groups in total. The van der Waals surface area contributed by atoms with Crippen molar-refractivity contribution in [1.82, 2.24) is 9.88 Å². The zero-order valence-electron chi connectivity index (χ0n) is 14.4. The molecule has 2 aromatic rings. The van der Waals surface area contributed by atoms with Crippen LogP contribution in [0.3, 0.4) is 0 Å². The van der Waals surface area contributed by atoms with Gasteiger partial charge in [0.2, 0.25) is 0 Å². The van der Waals surface area contributed by atoms with Crippen LogP contribution in [-0.2, 0) is 17.8 Å². The van der Waals surface area contributed by atoms with Gasteiger partial charge in [-0.2, -0.15) is 0 Å². The molecule has 0 bridgehead atoms. The molecule has 1 aliphatic heterocycles. The van der Waals surface area contributed by atoms with Gasteiger partial charge in [0.25, 0.3) is 5.91 Å². The number of rotatable bonds is 5. The van der Waals surface area contributed by atoms with Crippen molar-refractivity contribution < 1.29 is 9.53 Å². The molecule has 0 unspecified atom stereocenters. The minimum atomic E-state index is -0.172. The van der Waals surface area contributed by atoms with Crippen molar-refractivity contribution in [3.8, 4) is 5.75 Å². The number of hydrogen-bond donors (Lipinski definition) is 1. The second-order valence-corrected chi connectivity index (χ2v) is 7.20. The summed E-state index contributed by atoms with van der Waals surface area (Å²) in [6, 6.07) is 5.98. The fourth-order valence-electron chi connectivity index (χ4n) is 2.73. The lowest BCUT2D eigenvalue weighted by atomic mass is 10.1. The van der Waals surface area contributed by atoms with Gasteiger partial charge < -0.3 is 4.74 Å². The lowest BCUT2D eigenvalue weighted by Gasteiger charge is -2.23. The zero-order valence-corrected chi connectivity index (χ0v) is 15.2. The van der Waals surface area contributed by atoms with Crippen LogP contribution < -0.4 is 10.1 Å². The molecule has 3 rings (SSSR count). The maximum absolute atomic E-state index is 12.1. The minimum Gasteiger partial charge on any atom is -0.483 e. The van der Waals surface area contributed by atoms with Crippen molar-refractivity contribution in [3.63, 3.8) is 0 Å². The maximum Gasteiger partial charge on any atom is 0.264 e. The summed E-state index contributed by atoms with van der Waals surface area (Å²) in [4.78, 5) is 20.3. The maximum atomic E-state index is 12.1. The molecule has 5 nitrogen and oxygen atoms in total. The van der Waals surface area contributed by atoms with E-state index in [2.05, 4.69) is 22.1 Å². The lowest BCUT2D eigenvalue weighted by Crippen LogP contribution is -2.29. The number of carbonyl (C=O) groups is 1. The summed E-state index contributed by atoms with van der Waals surface area (Å²) in [6.07, 6.45) is 0.953. The van der Waals surface area contributed by atoms with Crippen LogP contribution in [-0.4, -0.2) is 35.5 Å². The first-order valence-electron chi connectivity index (χ1n) is 8.26. The van der Waals surface area contributed by atoms with Gasteiger partial charge >= 0.3 is 0 Å². The summed E-state index contributed by atoms with van der Waals surface area (Å²) in [6.45, 7) is 9.15. The van der Waals surface area contributed by atoms with Crippen LogP contribution in [0.4, 0.5) is 5.13 Å². The molecular weight excluding hydrogens is 322 g/mol. The highest BCUT2D eigenvalue weighted by Gasteiger charge is 2.20. The van der Waals surface area contributed by atoms with Crippen molar-refractivity contribution in [2.45, 2.75) is 33.7 Å². The smallest absolute Gasteiger partial charge is 0.264 e. The van der Waals surface area contributed by atoms with Crippen LogP contribution in [0.1, 0.15) is 28.6 Å². The Morgan fingerprint density at radius 2 is 2.25 bits per heavy atom. The van der Waals surface area contributed by atoms with Crippen molar-refractivity contribution in [1.29, 1.82) is 0 Å². The van der Waals surface area contributed by atoms with Crippen LogP contribution in [0.5, 0.6) is 5.75 Å². The Balaban J connectivity index is 1.58. The molecule has 0 radical (unpaired) electrons. The SMILES string of the molecule is CCN1CCc2nc(NC(=O)COc3cc(C)ccc3C)sc2C1. The van der Waals surface area contributed by atoms with E-state index in [1.807, 2.05) is 32.0 Å². The molecule has 0 atom stereocenters. The third-order valence-electron chi connectivity index (χ3n) is 4.21. The van der Waals surface area contributed by atoms with Gasteiger partial charge in [0.1, 0.15) is 5.75 Å². The van der Waals surface area contributed by atoms with Crippen molar-refractivity contribution in [2.75, 3.05) is 25.0 Å². The number of aromatic nitrogens is 1. The van der Waals surface area contributed by atoms with Gasteiger partial charge in [-0.05, 0) is 37.6 Å². The Bertz CT molecular complexity index is 742. The van der Waals surface area contributed by atoms with Crippen molar-refractivity contribution in [2.24, 2.45) is 0 Å². The summed E-state index contributed by atoms with van der Waals surface area (Å²) >= 11 is 1.57. The number of amides is 1. The number of carbonyl (C=O) groups excluding carboxylic acids is 1. The Morgan fingerprint density at radius 1 is 1.42 bits per heavy atom. The molecule has 2 heterocycles. The van der Waals surface area contributed by atoms with E-state index in [1.54, 1.807) is 11.3 Å². The fraction of sp³-hybridized carbons (Fsp3) is 0.444. The van der Waals surface area contributed by atoms with Crippen molar-refractivity contribution in [3.05, 3.63) is 39.9 Å². The molecular formula is C18H23N3O2S. The summed E-state index contributed by atoms with van der Waals surface area (Å²) in [5.74, 6) is 0.580. The zero-order chi connectivity index (χ0) is 17.1. The molecule has 24 heavy (non-hydrogen) atoms. The van der Waals surface area contributed by atoms with Gasteiger partial charge in [0, 0.05) is 24.4 Å². The lowest BCUT2D eigenvalue weighted by molar-refractivity contribution is -0.118. The fourth-order valence-corrected chi connectivity index (χ4v) is 3.80. The first-order chi connectivity index (χ1) is 11.5. The quantitative estimate of drug-likeness (QED) is 0.904. The van der Waals surface area contributed by atoms with E-state index in [9.17, 15) is 4.79 Å². The molecule has 1 amide bonds. The number of benzene rings is 1. The third kappa shape index (κ3) is 3.94. The summed E-state index contributed by atoms with van der Waals surface area (Å²) in [5, 5.41) is 3.53. The predicted octanol–water partition coefficient (Wildman–Crippen LogP) is 3.16. The van der Waals surface area contributed by atoms with Gasteiger partial charge in [-0.25, -0.2) is 4.98 Å². The number of aryl methyl sites for hydroxylation is 2. The topological polar surface area (TPSA) is 54.5 Å². The highest BCUT2D eigenvalue weighted by molar-refractivity contribution is 7.15. The summed E-state index contributed by atoms with van der Waals surface area (Å²) in [7, 11) is 0. The first kappa shape index (κ1) is 16.9. The van der Waals surface area contributed by atoms with E-state index in [0.29, 0.717) is 5.13 Å². The highest BCUT2D eigenvalue weighted by Crippen LogP contribution is 2.28. The Hall–Kier alpha value is -1.92. The molecule has 0 saturated carbocycles. The average Bonchev–Trinajstić information content (AvgIpc) is 2.96. The molecule has 128 valence electrons. The number of hydrogen-bond acceptors (Lipinski definition) is 5. The molecule has 0 fully saturated rings. The number of ether oxygens (including phenoxy) is 1. The molecule has 0 saturated heterocycles. The van der Waals surface area contributed by atoms with E-state index < -0.39 is 0 Å². The van der Waals surface area contributed by atoms with E-state index >= 15 is 0 Å². The number of nitrogens with one attached hydrogen (secondary N) is 1. The van der Waals surface area contributed by atoms with E-state index in [0.717, 1.165) is 48.6 Å². The second kappa shape index (κ2) is 7.32. The van der Waals surface area contributed by atoms with Gasteiger partial charge in [0.05, 0.1) is 5.69 Å². The van der Waals surface area contributed by atoms with Crippen molar-refractivity contribution >= 4 is 22.4 Å². The molecule has 0 spiro atoms. The van der Waals surface area contributed by atoms with Crippen LogP contribution in [0, 0.1) is 13.8 Å². The Labute approximate surface area is 146 Å². The molecule has 0 aliphatic carbocycles. The number of fused-ring (bicyclic) bond motifs is 1. The van der Waals surface area contributed by atoms with Gasteiger partial charge in [0.15, 0.2) is 11.7 Å². The van der Waals surface area contributed by atoms with Gasteiger partial charge in [-0.3, -0.25) is 15.0 Å². The number of thiazole rings is 1. The Morgan fingerprint density at radius 3 is 3.04 bits per heavy atom. The normalized spacial score (nSPS) is 14.3. The van der Waals surface area contributed by atoms with Crippen LogP contribution in [0.25, 0.3) is 0 Å².